The van der Waals surface area contributed by atoms with Crippen LogP contribution in [0.2, 0.25) is 0 Å². The lowest BCUT2D eigenvalue weighted by Gasteiger charge is -2.25. The van der Waals surface area contributed by atoms with Gasteiger partial charge in [0.15, 0.2) is 27.8 Å². The number of allylic oxidation sites excluding steroid dienone is 1. The van der Waals surface area contributed by atoms with Crippen LogP contribution >= 0.6 is 27.3 Å². The molecule has 0 saturated carbocycles. The van der Waals surface area contributed by atoms with Crippen molar-refractivity contribution < 1.29 is 33.4 Å². The molecule has 4 aromatic rings. The van der Waals surface area contributed by atoms with Gasteiger partial charge in [0.2, 0.25) is 0 Å². The summed E-state index contributed by atoms with van der Waals surface area (Å²) in [4.78, 5) is 43.4. The van der Waals surface area contributed by atoms with Gasteiger partial charge in [-0.15, -0.1) is 0 Å². The second kappa shape index (κ2) is 15.7. The van der Waals surface area contributed by atoms with Crippen LogP contribution in [0.15, 0.2) is 80.1 Å². The molecule has 3 aromatic carbocycles. The zero-order chi connectivity index (χ0) is 36.1. The summed E-state index contributed by atoms with van der Waals surface area (Å²) in [5.74, 6) is 1.24. The summed E-state index contributed by atoms with van der Waals surface area (Å²) in [7, 11) is 1.53. The molecule has 0 amide bonds. The Bertz CT molecular complexity index is 2160. The fourth-order valence-corrected chi connectivity index (χ4v) is 7.07. The van der Waals surface area contributed by atoms with E-state index in [1.807, 2.05) is 20.8 Å². The molecule has 1 aromatic heterocycles. The summed E-state index contributed by atoms with van der Waals surface area (Å²) >= 11 is 4.77. The lowest BCUT2D eigenvalue weighted by atomic mass is 9.95. The van der Waals surface area contributed by atoms with Crippen molar-refractivity contribution in [1.29, 1.82) is 0 Å². The summed E-state index contributed by atoms with van der Waals surface area (Å²) in [6.45, 7) is 9.66. The number of esters is 1. The summed E-state index contributed by atoms with van der Waals surface area (Å²) in [5.41, 5.74) is 2.18. The summed E-state index contributed by atoms with van der Waals surface area (Å²) in [5, 5.41) is 11.2. The fraction of sp³-hybridized carbons (Fsp3) is 0.306. The van der Waals surface area contributed by atoms with Crippen LogP contribution in [0.3, 0.4) is 0 Å². The van der Waals surface area contributed by atoms with Crippen molar-refractivity contribution in [3.63, 3.8) is 0 Å². The van der Waals surface area contributed by atoms with Gasteiger partial charge in [-0.1, -0.05) is 29.5 Å². The number of nitro benzene ring substituents is 1. The molecule has 0 bridgehead atoms. The average molecular weight is 767 g/mol. The van der Waals surface area contributed by atoms with Crippen molar-refractivity contribution in [3.05, 3.63) is 117 Å². The van der Waals surface area contributed by atoms with Crippen LogP contribution < -0.4 is 33.8 Å². The Morgan fingerprint density at radius 1 is 1.08 bits per heavy atom. The number of nitro groups is 1. The summed E-state index contributed by atoms with van der Waals surface area (Å²) in [6.07, 6.45) is 1.63. The van der Waals surface area contributed by atoms with Gasteiger partial charge >= 0.3 is 5.97 Å². The number of ether oxygens (including phenoxy) is 5. The molecule has 12 nitrogen and oxygen atoms in total. The van der Waals surface area contributed by atoms with E-state index in [1.54, 1.807) is 62.4 Å². The number of thiazole rings is 1. The van der Waals surface area contributed by atoms with Gasteiger partial charge in [-0.25, -0.2) is 9.79 Å². The van der Waals surface area contributed by atoms with E-state index in [0.717, 1.165) is 0 Å². The zero-order valence-corrected chi connectivity index (χ0v) is 30.8. The number of fused-ring (bicyclic) bond motifs is 1. The summed E-state index contributed by atoms with van der Waals surface area (Å²) < 4.78 is 31.4. The smallest absolute Gasteiger partial charge is 0.338 e. The maximum absolute atomic E-state index is 14.2. The standard InChI is InChI=1S/C36H36BrN3O9S/c1-7-46-29-16-23(15-26(37)33(29)48-19-22-10-9-11-25(14-22)40(43)44)17-30-34(41)39-32(24-12-13-27(49-20(3)4)28(18-24)45-6)31(35(42)47-8-2)21(5)38-36(39)50-30/h9-18,20,32H,7-8,19H2,1-6H3/b30-17-/t32-/m0/s1. The lowest BCUT2D eigenvalue weighted by Crippen LogP contribution is -2.40. The number of carbonyl (C=O) groups is 1. The van der Waals surface area contributed by atoms with Crippen LogP contribution in [0.4, 0.5) is 5.69 Å². The van der Waals surface area contributed by atoms with Gasteiger partial charge in [0.05, 0.1) is 57.7 Å². The molecule has 262 valence electrons. The largest absolute Gasteiger partial charge is 0.493 e. The second-order valence-electron chi connectivity index (χ2n) is 11.4. The highest BCUT2D eigenvalue weighted by molar-refractivity contribution is 9.10. The third-order valence-electron chi connectivity index (χ3n) is 7.52. The first-order chi connectivity index (χ1) is 23.9. The van der Waals surface area contributed by atoms with Crippen LogP contribution in [0, 0.1) is 10.1 Å². The Hall–Kier alpha value is -4.95. The zero-order valence-electron chi connectivity index (χ0n) is 28.4. The maximum Gasteiger partial charge on any atom is 0.338 e. The fourth-order valence-electron chi connectivity index (χ4n) is 5.45. The van der Waals surface area contributed by atoms with Crippen LogP contribution in [0.1, 0.15) is 57.4 Å². The van der Waals surface area contributed by atoms with Gasteiger partial charge in [-0.2, -0.15) is 0 Å². The highest BCUT2D eigenvalue weighted by Gasteiger charge is 2.34. The summed E-state index contributed by atoms with van der Waals surface area (Å²) in [6, 6.07) is 14.2. The first-order valence-corrected chi connectivity index (χ1v) is 17.4. The number of benzene rings is 3. The molecule has 0 fully saturated rings. The van der Waals surface area contributed by atoms with Crippen molar-refractivity contribution >= 4 is 45.0 Å². The number of carbonyl (C=O) groups excluding carboxylic acids is 1. The first kappa shape index (κ1) is 36.3. The minimum absolute atomic E-state index is 0.0323. The quantitative estimate of drug-likeness (QED) is 0.0879. The van der Waals surface area contributed by atoms with E-state index in [1.165, 1.54) is 35.1 Å². The van der Waals surface area contributed by atoms with Crippen LogP contribution in [0.25, 0.3) is 6.08 Å². The number of hydrogen-bond donors (Lipinski definition) is 0. The Kier molecular flexibility index (Phi) is 11.4. The van der Waals surface area contributed by atoms with E-state index in [2.05, 4.69) is 20.9 Å². The highest BCUT2D eigenvalue weighted by Crippen LogP contribution is 2.39. The molecule has 5 rings (SSSR count). The number of aromatic nitrogens is 1. The Morgan fingerprint density at radius 3 is 2.54 bits per heavy atom. The molecule has 0 saturated heterocycles. The topological polar surface area (TPSA) is 141 Å². The molecule has 0 radical (unpaired) electrons. The first-order valence-electron chi connectivity index (χ1n) is 15.8. The maximum atomic E-state index is 14.2. The van der Waals surface area contributed by atoms with E-state index in [-0.39, 0.29) is 36.1 Å². The molecule has 1 atom stereocenters. The van der Waals surface area contributed by atoms with Gasteiger partial charge in [0.1, 0.15) is 6.61 Å². The molecule has 0 spiro atoms. The van der Waals surface area contributed by atoms with Crippen molar-refractivity contribution in [1.82, 2.24) is 4.57 Å². The van der Waals surface area contributed by atoms with Gasteiger partial charge in [0.25, 0.3) is 11.2 Å². The molecule has 14 heteroatoms. The monoisotopic (exact) mass is 765 g/mol. The van der Waals surface area contributed by atoms with E-state index < -0.39 is 16.9 Å². The van der Waals surface area contributed by atoms with Crippen molar-refractivity contribution in [2.75, 3.05) is 20.3 Å². The van der Waals surface area contributed by atoms with Crippen molar-refractivity contribution in [2.24, 2.45) is 4.99 Å². The van der Waals surface area contributed by atoms with Crippen LogP contribution in [-0.2, 0) is 16.1 Å². The third kappa shape index (κ3) is 7.76. The average Bonchev–Trinajstić information content (AvgIpc) is 3.37. The Labute approximate surface area is 300 Å². The molecule has 50 heavy (non-hydrogen) atoms. The minimum Gasteiger partial charge on any atom is -0.493 e. The SMILES string of the molecule is CCOC(=O)C1=C(C)N=c2s/c(=C\c3cc(Br)c(OCc4cccc([N+](=O)[O-])c4)c(OCC)c3)c(=O)n2[C@H]1c1ccc(OC(C)C)c(OC)c1. The lowest BCUT2D eigenvalue weighted by molar-refractivity contribution is -0.384. The molecule has 1 aliphatic heterocycles. The molecule has 0 aliphatic carbocycles. The normalized spacial score (nSPS) is 14.2. The molecular weight excluding hydrogens is 730 g/mol. The third-order valence-corrected chi connectivity index (χ3v) is 9.09. The number of non-ortho nitro benzene ring substituents is 1. The molecular formula is C36H36BrN3O9S. The van der Waals surface area contributed by atoms with Gasteiger partial charge < -0.3 is 23.7 Å². The number of halogens is 1. The minimum atomic E-state index is -0.843. The van der Waals surface area contributed by atoms with Crippen LogP contribution in [0.5, 0.6) is 23.0 Å². The predicted octanol–water partition coefficient (Wildman–Crippen LogP) is 6.24. The number of nitrogens with zero attached hydrogens (tertiary/aromatic N) is 3. The molecule has 1 aliphatic rings. The van der Waals surface area contributed by atoms with Gasteiger partial charge in [-0.05, 0) is 97.6 Å². The Morgan fingerprint density at radius 2 is 1.86 bits per heavy atom. The van der Waals surface area contributed by atoms with E-state index in [4.69, 9.17) is 23.7 Å². The van der Waals surface area contributed by atoms with Gasteiger partial charge in [0, 0.05) is 12.1 Å². The highest BCUT2D eigenvalue weighted by atomic mass is 79.9. The van der Waals surface area contributed by atoms with E-state index in [9.17, 15) is 19.7 Å². The molecule has 2 heterocycles. The number of rotatable bonds is 13. The molecule has 0 N–H and O–H groups in total. The van der Waals surface area contributed by atoms with Crippen LogP contribution in [-0.4, -0.2) is 41.9 Å². The van der Waals surface area contributed by atoms with Crippen molar-refractivity contribution in [3.8, 4) is 23.0 Å². The van der Waals surface area contributed by atoms with Crippen molar-refractivity contribution in [2.45, 2.75) is 53.4 Å². The number of methoxy groups -OCH3 is 1. The molecule has 0 unspecified atom stereocenters. The Balaban J connectivity index is 1.59. The second-order valence-corrected chi connectivity index (χ2v) is 13.2. The number of hydrogen-bond acceptors (Lipinski definition) is 11. The van der Waals surface area contributed by atoms with E-state index >= 15 is 0 Å². The van der Waals surface area contributed by atoms with E-state index in [0.29, 0.717) is 65.8 Å². The van der Waals surface area contributed by atoms with Gasteiger partial charge in [-0.3, -0.25) is 19.5 Å². The predicted molar refractivity (Wildman–Crippen MR) is 192 cm³/mol.